The van der Waals surface area contributed by atoms with Crippen molar-refractivity contribution in [1.29, 1.82) is 0 Å². The van der Waals surface area contributed by atoms with Crippen LogP contribution >= 0.6 is 0 Å². The van der Waals surface area contributed by atoms with Gasteiger partial charge in [-0.15, -0.1) is 0 Å². The van der Waals surface area contributed by atoms with Crippen LogP contribution in [0.15, 0.2) is 67.8 Å². The number of aryl methyl sites for hydroxylation is 2. The molecule has 5 aromatic rings. The Bertz CT molecular complexity index is 1820. The van der Waals surface area contributed by atoms with Gasteiger partial charge in [-0.3, -0.25) is 18.9 Å². The van der Waals surface area contributed by atoms with Crippen molar-refractivity contribution in [3.8, 4) is 22.5 Å². The molecule has 0 unspecified atom stereocenters. The number of benzene rings is 2. The zero-order valence-electron chi connectivity index (χ0n) is 23.8. The first kappa shape index (κ1) is 27.8. The first-order valence-corrected chi connectivity index (χ1v) is 13.7. The predicted molar refractivity (Wildman–Crippen MR) is 156 cm³/mol. The van der Waals surface area contributed by atoms with Crippen molar-refractivity contribution in [2.45, 2.75) is 66.5 Å². The molecule has 1 N–H and O–H groups in total. The molecule has 0 aliphatic carbocycles. The van der Waals surface area contributed by atoms with Gasteiger partial charge in [0.05, 0.1) is 18.0 Å². The molecule has 3 heterocycles. The summed E-state index contributed by atoms with van der Waals surface area (Å²) >= 11 is 0. The molecule has 0 bridgehead atoms. The van der Waals surface area contributed by atoms with E-state index < -0.39 is 5.76 Å². The van der Waals surface area contributed by atoms with Crippen LogP contribution in [0.1, 0.15) is 56.8 Å². The fourth-order valence-corrected chi connectivity index (χ4v) is 4.83. The number of aromatic amines is 1. The number of aromatic nitrogens is 6. The van der Waals surface area contributed by atoms with Gasteiger partial charge in [-0.05, 0) is 50.8 Å². The second-order valence-electron chi connectivity index (χ2n) is 10.3. The van der Waals surface area contributed by atoms with Gasteiger partial charge < -0.3 is 4.84 Å². The maximum absolute atomic E-state index is 14.0. The SMILES string of the molecule is CCCc1c(Cc2ccc(-c3ccccc3-c3noc(=O)[nH]3)cc2)c(=O)n(C/C(C)=N\OC(C)C)c2nc(C)nn12. The normalized spacial score (nSPS) is 12.0. The zero-order chi connectivity index (χ0) is 29.1. The molecule has 0 atom stereocenters. The van der Waals surface area contributed by atoms with Crippen molar-refractivity contribution in [3.05, 3.63) is 92.1 Å². The number of nitrogens with zero attached hydrogens (tertiary/aromatic N) is 6. The maximum atomic E-state index is 14.0. The lowest BCUT2D eigenvalue weighted by Gasteiger charge is -2.16. The zero-order valence-corrected chi connectivity index (χ0v) is 23.8. The molecular weight excluding hydrogens is 522 g/mol. The molecule has 0 saturated carbocycles. The van der Waals surface area contributed by atoms with Gasteiger partial charge in [-0.1, -0.05) is 72.2 Å². The first-order valence-electron chi connectivity index (χ1n) is 13.7. The lowest BCUT2D eigenvalue weighted by atomic mass is 9.96. The molecule has 11 nitrogen and oxygen atoms in total. The molecule has 0 spiro atoms. The van der Waals surface area contributed by atoms with Crippen molar-refractivity contribution in [1.82, 2.24) is 29.3 Å². The molecule has 5 rings (SSSR count). The minimum atomic E-state index is -0.604. The summed E-state index contributed by atoms with van der Waals surface area (Å²) in [6.07, 6.45) is 1.91. The smallest absolute Gasteiger partial charge is 0.393 e. The molecule has 0 aliphatic heterocycles. The van der Waals surface area contributed by atoms with Gasteiger partial charge in [-0.25, -0.2) is 9.31 Å². The van der Waals surface area contributed by atoms with Crippen LogP contribution in [0.3, 0.4) is 0 Å². The van der Waals surface area contributed by atoms with E-state index in [4.69, 9.17) is 9.36 Å². The number of rotatable bonds is 10. The Kier molecular flexibility index (Phi) is 7.95. The highest BCUT2D eigenvalue weighted by molar-refractivity contribution is 5.81. The van der Waals surface area contributed by atoms with Crippen molar-refractivity contribution >= 4 is 11.5 Å². The van der Waals surface area contributed by atoms with Gasteiger partial charge in [-0.2, -0.15) is 10.1 Å². The number of nitrogens with one attached hydrogen (secondary N) is 1. The molecule has 0 aliphatic rings. The molecular formula is C30H33N7O4. The summed E-state index contributed by atoms with van der Waals surface area (Å²) in [5.41, 5.74) is 5.66. The summed E-state index contributed by atoms with van der Waals surface area (Å²) in [6, 6.07) is 15.7. The minimum Gasteiger partial charge on any atom is -0.393 e. The Morgan fingerprint density at radius 2 is 1.83 bits per heavy atom. The van der Waals surface area contributed by atoms with Crippen LogP contribution in [-0.2, 0) is 24.2 Å². The van der Waals surface area contributed by atoms with Gasteiger partial charge in [0, 0.05) is 17.5 Å². The Morgan fingerprint density at radius 3 is 2.49 bits per heavy atom. The molecule has 212 valence electrons. The van der Waals surface area contributed by atoms with Crippen molar-refractivity contribution in [3.63, 3.8) is 0 Å². The molecule has 0 amide bonds. The highest BCUT2D eigenvalue weighted by Crippen LogP contribution is 2.30. The van der Waals surface area contributed by atoms with E-state index in [1.54, 1.807) is 9.08 Å². The van der Waals surface area contributed by atoms with Gasteiger partial charge in [0.2, 0.25) is 5.78 Å². The molecule has 3 aromatic heterocycles. The van der Waals surface area contributed by atoms with Gasteiger partial charge in [0.25, 0.3) is 5.56 Å². The van der Waals surface area contributed by atoms with Crippen LogP contribution in [-0.4, -0.2) is 41.1 Å². The number of H-pyrrole nitrogens is 1. The lowest BCUT2D eigenvalue weighted by Crippen LogP contribution is -2.31. The third-order valence-corrected chi connectivity index (χ3v) is 6.61. The fourth-order valence-electron chi connectivity index (χ4n) is 4.83. The summed E-state index contributed by atoms with van der Waals surface area (Å²) in [6.45, 7) is 9.79. The summed E-state index contributed by atoms with van der Waals surface area (Å²) in [5, 5.41) is 12.7. The molecule has 41 heavy (non-hydrogen) atoms. The van der Waals surface area contributed by atoms with E-state index in [1.165, 1.54) is 0 Å². The highest BCUT2D eigenvalue weighted by atomic mass is 16.6. The minimum absolute atomic E-state index is 0.0623. The summed E-state index contributed by atoms with van der Waals surface area (Å²) in [7, 11) is 0. The molecule has 0 fully saturated rings. The molecule has 2 aromatic carbocycles. The molecule has 0 saturated heterocycles. The number of hydrogen-bond acceptors (Lipinski definition) is 8. The third-order valence-electron chi connectivity index (χ3n) is 6.61. The number of fused-ring (bicyclic) bond motifs is 1. The second-order valence-corrected chi connectivity index (χ2v) is 10.3. The summed E-state index contributed by atoms with van der Waals surface area (Å²) in [5.74, 6) is 0.856. The van der Waals surface area contributed by atoms with Gasteiger partial charge in [0.1, 0.15) is 11.9 Å². The Balaban J connectivity index is 1.54. The van der Waals surface area contributed by atoms with Crippen molar-refractivity contribution in [2.24, 2.45) is 5.16 Å². The standard InChI is InChI=1S/C30H33N7O4/c1-6-9-26-25(28(38)36(17-19(4)34-40-18(2)3)29-31-20(5)33-37(26)29)16-21-12-14-22(15-13-21)23-10-7-8-11-24(23)27-32-30(39)41-35-27/h7-8,10-15,18H,6,9,16-17H2,1-5H3,(H,32,35,39)/b34-19-. The maximum Gasteiger partial charge on any atom is 0.439 e. The number of hydrogen-bond donors (Lipinski definition) is 1. The van der Waals surface area contributed by atoms with Crippen molar-refractivity contribution in [2.75, 3.05) is 0 Å². The van der Waals surface area contributed by atoms with Crippen LogP contribution in [0.4, 0.5) is 0 Å². The van der Waals surface area contributed by atoms with E-state index >= 15 is 0 Å². The van der Waals surface area contributed by atoms with Crippen LogP contribution in [0, 0.1) is 6.92 Å². The van der Waals surface area contributed by atoms with Gasteiger partial charge in [0.15, 0.2) is 5.82 Å². The van der Waals surface area contributed by atoms with E-state index in [1.807, 2.05) is 76.2 Å². The van der Waals surface area contributed by atoms with Gasteiger partial charge >= 0.3 is 5.76 Å². The van der Waals surface area contributed by atoms with E-state index in [0.717, 1.165) is 34.4 Å². The predicted octanol–water partition coefficient (Wildman–Crippen LogP) is 4.55. The summed E-state index contributed by atoms with van der Waals surface area (Å²) < 4.78 is 8.13. The number of oxime groups is 1. The second kappa shape index (κ2) is 11.7. The first-order chi connectivity index (χ1) is 19.7. The average Bonchev–Trinajstić information content (AvgIpc) is 3.57. The van der Waals surface area contributed by atoms with E-state index in [-0.39, 0.29) is 18.2 Å². The van der Waals surface area contributed by atoms with Crippen LogP contribution in [0.25, 0.3) is 28.3 Å². The fraction of sp³-hybridized carbons (Fsp3) is 0.333. The van der Waals surface area contributed by atoms with Crippen LogP contribution in [0.5, 0.6) is 0 Å². The van der Waals surface area contributed by atoms with Crippen molar-refractivity contribution < 1.29 is 9.36 Å². The largest absolute Gasteiger partial charge is 0.439 e. The summed E-state index contributed by atoms with van der Waals surface area (Å²) in [4.78, 5) is 38.1. The Hall–Kier alpha value is -4.80. The third kappa shape index (κ3) is 5.88. The van der Waals surface area contributed by atoms with Crippen LogP contribution in [0.2, 0.25) is 0 Å². The topological polar surface area (TPSA) is 133 Å². The quantitative estimate of drug-likeness (QED) is 0.197. The Labute approximate surface area is 236 Å². The van der Waals surface area contributed by atoms with E-state index in [2.05, 4.69) is 32.3 Å². The molecule has 0 radical (unpaired) electrons. The monoisotopic (exact) mass is 555 g/mol. The average molecular weight is 556 g/mol. The van der Waals surface area contributed by atoms with Crippen LogP contribution < -0.4 is 11.3 Å². The highest BCUT2D eigenvalue weighted by Gasteiger charge is 2.20. The Morgan fingerprint density at radius 1 is 1.10 bits per heavy atom. The molecule has 11 heteroatoms. The van der Waals surface area contributed by atoms with E-state index in [0.29, 0.717) is 41.5 Å². The van der Waals surface area contributed by atoms with E-state index in [9.17, 15) is 9.59 Å². The lowest BCUT2D eigenvalue weighted by molar-refractivity contribution is 0.0852.